The number of rotatable bonds is 3. The standard InChI is InChI=1S/C21H21N3O/c25-21(18-7-3-9-22-13-18)24-10-4-5-16(15-24)11-19-14-23-12-17-6-1-2-8-20(17)19/h1-3,6-9,12-14,16H,4-5,10-11,15H2/t16-/m0/s1. The number of aromatic nitrogens is 2. The summed E-state index contributed by atoms with van der Waals surface area (Å²) in [5.41, 5.74) is 1.95. The monoisotopic (exact) mass is 331 g/mol. The molecule has 0 radical (unpaired) electrons. The second kappa shape index (κ2) is 7.01. The van der Waals surface area contributed by atoms with E-state index in [4.69, 9.17) is 0 Å². The number of hydrogen-bond acceptors (Lipinski definition) is 3. The molecule has 3 aromatic rings. The van der Waals surface area contributed by atoms with E-state index in [1.54, 1.807) is 12.4 Å². The van der Waals surface area contributed by atoms with Crippen LogP contribution in [0.5, 0.6) is 0 Å². The Hall–Kier alpha value is -2.75. The molecule has 0 bridgehead atoms. The van der Waals surface area contributed by atoms with Gasteiger partial charge in [0, 0.05) is 43.3 Å². The minimum atomic E-state index is 0.0915. The molecule has 4 heteroatoms. The molecule has 126 valence electrons. The molecule has 4 nitrogen and oxygen atoms in total. The van der Waals surface area contributed by atoms with E-state index >= 15 is 0 Å². The fourth-order valence-electron chi connectivity index (χ4n) is 3.74. The van der Waals surface area contributed by atoms with E-state index in [2.05, 4.69) is 28.2 Å². The SMILES string of the molecule is O=C(c1cccnc1)N1CCC[C@@H](Cc2cncc3ccccc23)C1. The zero-order valence-corrected chi connectivity index (χ0v) is 14.1. The Labute approximate surface area is 147 Å². The highest BCUT2D eigenvalue weighted by molar-refractivity contribution is 5.94. The molecule has 0 aliphatic carbocycles. The molecule has 25 heavy (non-hydrogen) atoms. The highest BCUT2D eigenvalue weighted by Gasteiger charge is 2.25. The average molecular weight is 331 g/mol. The van der Waals surface area contributed by atoms with Crippen LogP contribution in [0.4, 0.5) is 0 Å². The van der Waals surface area contributed by atoms with E-state index in [1.165, 1.54) is 16.3 Å². The summed E-state index contributed by atoms with van der Waals surface area (Å²) < 4.78 is 0. The van der Waals surface area contributed by atoms with E-state index in [1.807, 2.05) is 35.5 Å². The molecule has 0 saturated carbocycles. The number of likely N-dealkylation sites (tertiary alicyclic amines) is 1. The van der Waals surface area contributed by atoms with Crippen LogP contribution in [-0.4, -0.2) is 33.9 Å². The van der Waals surface area contributed by atoms with Gasteiger partial charge in [0.2, 0.25) is 0 Å². The zero-order chi connectivity index (χ0) is 17.1. The third-order valence-corrected chi connectivity index (χ3v) is 4.97. The molecule has 0 spiro atoms. The zero-order valence-electron chi connectivity index (χ0n) is 14.1. The molecule has 1 atom stereocenters. The van der Waals surface area contributed by atoms with E-state index < -0.39 is 0 Å². The summed E-state index contributed by atoms with van der Waals surface area (Å²) in [6, 6.07) is 12.0. The molecule has 2 aromatic heterocycles. The maximum absolute atomic E-state index is 12.7. The van der Waals surface area contributed by atoms with Gasteiger partial charge in [-0.05, 0) is 48.3 Å². The van der Waals surface area contributed by atoms with Gasteiger partial charge in [-0.3, -0.25) is 14.8 Å². The largest absolute Gasteiger partial charge is 0.338 e. The van der Waals surface area contributed by atoms with Crippen LogP contribution in [0.3, 0.4) is 0 Å². The average Bonchev–Trinajstić information content (AvgIpc) is 2.69. The van der Waals surface area contributed by atoms with E-state index in [9.17, 15) is 4.79 Å². The molecular formula is C21H21N3O. The summed E-state index contributed by atoms with van der Waals surface area (Å²) in [6.07, 6.45) is 10.4. The first-order valence-electron chi connectivity index (χ1n) is 8.82. The molecule has 0 N–H and O–H groups in total. The minimum absolute atomic E-state index is 0.0915. The van der Waals surface area contributed by atoms with Crippen LogP contribution in [0, 0.1) is 5.92 Å². The van der Waals surface area contributed by atoms with Gasteiger partial charge in [0.25, 0.3) is 5.91 Å². The Bertz CT molecular complexity index is 873. The van der Waals surface area contributed by atoms with Crippen molar-refractivity contribution in [2.45, 2.75) is 19.3 Å². The molecule has 1 aliphatic rings. The van der Waals surface area contributed by atoms with E-state index in [0.717, 1.165) is 32.4 Å². The lowest BCUT2D eigenvalue weighted by Gasteiger charge is -2.33. The Morgan fingerprint density at radius 1 is 1.08 bits per heavy atom. The molecule has 1 aliphatic heterocycles. The number of fused-ring (bicyclic) bond motifs is 1. The van der Waals surface area contributed by atoms with Crippen LogP contribution in [0.2, 0.25) is 0 Å². The Balaban J connectivity index is 1.51. The topological polar surface area (TPSA) is 46.1 Å². The van der Waals surface area contributed by atoms with Crippen molar-refractivity contribution in [1.82, 2.24) is 14.9 Å². The quantitative estimate of drug-likeness (QED) is 0.735. The van der Waals surface area contributed by atoms with Crippen molar-refractivity contribution in [3.8, 4) is 0 Å². The van der Waals surface area contributed by atoms with Crippen LogP contribution in [-0.2, 0) is 6.42 Å². The summed E-state index contributed by atoms with van der Waals surface area (Å²) in [5.74, 6) is 0.566. The fourth-order valence-corrected chi connectivity index (χ4v) is 3.74. The van der Waals surface area contributed by atoms with Crippen molar-refractivity contribution in [2.75, 3.05) is 13.1 Å². The second-order valence-electron chi connectivity index (χ2n) is 6.73. The Morgan fingerprint density at radius 3 is 2.88 bits per heavy atom. The number of nitrogens with zero attached hydrogens (tertiary/aromatic N) is 3. The number of hydrogen-bond donors (Lipinski definition) is 0. The predicted octanol–water partition coefficient (Wildman–Crippen LogP) is 3.72. The summed E-state index contributed by atoms with van der Waals surface area (Å²) in [4.78, 5) is 23.1. The maximum Gasteiger partial charge on any atom is 0.255 e. The van der Waals surface area contributed by atoms with Crippen LogP contribution < -0.4 is 0 Å². The number of carbonyl (C=O) groups is 1. The first-order valence-corrected chi connectivity index (χ1v) is 8.82. The highest BCUT2D eigenvalue weighted by Crippen LogP contribution is 2.25. The molecule has 1 saturated heterocycles. The third-order valence-electron chi connectivity index (χ3n) is 4.97. The lowest BCUT2D eigenvalue weighted by Crippen LogP contribution is -2.40. The van der Waals surface area contributed by atoms with Crippen molar-refractivity contribution >= 4 is 16.7 Å². The van der Waals surface area contributed by atoms with Gasteiger partial charge in [-0.1, -0.05) is 24.3 Å². The van der Waals surface area contributed by atoms with Gasteiger partial charge < -0.3 is 4.90 Å². The van der Waals surface area contributed by atoms with Gasteiger partial charge in [0.15, 0.2) is 0 Å². The fraction of sp³-hybridized carbons (Fsp3) is 0.286. The van der Waals surface area contributed by atoms with Crippen molar-refractivity contribution in [2.24, 2.45) is 5.92 Å². The van der Waals surface area contributed by atoms with Crippen LogP contribution in [0.15, 0.2) is 61.2 Å². The van der Waals surface area contributed by atoms with Gasteiger partial charge in [0.1, 0.15) is 0 Å². The number of piperidine rings is 1. The lowest BCUT2D eigenvalue weighted by atomic mass is 9.90. The highest BCUT2D eigenvalue weighted by atomic mass is 16.2. The normalized spacial score (nSPS) is 17.6. The van der Waals surface area contributed by atoms with Gasteiger partial charge in [0.05, 0.1) is 5.56 Å². The summed E-state index contributed by atoms with van der Waals surface area (Å²) >= 11 is 0. The second-order valence-corrected chi connectivity index (χ2v) is 6.73. The van der Waals surface area contributed by atoms with Crippen molar-refractivity contribution in [1.29, 1.82) is 0 Å². The van der Waals surface area contributed by atoms with Crippen molar-refractivity contribution in [3.63, 3.8) is 0 Å². The Morgan fingerprint density at radius 2 is 2.00 bits per heavy atom. The van der Waals surface area contributed by atoms with Crippen LogP contribution in [0.1, 0.15) is 28.8 Å². The third kappa shape index (κ3) is 3.38. The van der Waals surface area contributed by atoms with E-state index in [0.29, 0.717) is 11.5 Å². The number of carbonyl (C=O) groups excluding carboxylic acids is 1. The predicted molar refractivity (Wildman–Crippen MR) is 98.3 cm³/mol. The van der Waals surface area contributed by atoms with Crippen LogP contribution >= 0.6 is 0 Å². The molecule has 4 rings (SSSR count). The van der Waals surface area contributed by atoms with Crippen molar-refractivity contribution < 1.29 is 4.79 Å². The van der Waals surface area contributed by atoms with Crippen LogP contribution in [0.25, 0.3) is 10.8 Å². The van der Waals surface area contributed by atoms with Gasteiger partial charge in [-0.15, -0.1) is 0 Å². The smallest absolute Gasteiger partial charge is 0.255 e. The van der Waals surface area contributed by atoms with E-state index in [-0.39, 0.29) is 5.91 Å². The molecule has 1 fully saturated rings. The first-order chi connectivity index (χ1) is 12.3. The molecule has 1 amide bonds. The summed E-state index contributed by atoms with van der Waals surface area (Å²) in [6.45, 7) is 1.63. The molecule has 1 aromatic carbocycles. The molecule has 3 heterocycles. The molecular weight excluding hydrogens is 310 g/mol. The number of benzene rings is 1. The first kappa shape index (κ1) is 15.8. The van der Waals surface area contributed by atoms with Crippen molar-refractivity contribution in [3.05, 3.63) is 72.3 Å². The maximum atomic E-state index is 12.7. The van der Waals surface area contributed by atoms with Gasteiger partial charge in [-0.25, -0.2) is 0 Å². The molecule has 0 unspecified atom stereocenters. The van der Waals surface area contributed by atoms with Gasteiger partial charge >= 0.3 is 0 Å². The summed E-state index contributed by atoms with van der Waals surface area (Å²) in [5, 5.41) is 2.45. The minimum Gasteiger partial charge on any atom is -0.338 e. The number of amides is 1. The summed E-state index contributed by atoms with van der Waals surface area (Å²) in [7, 11) is 0. The van der Waals surface area contributed by atoms with Gasteiger partial charge in [-0.2, -0.15) is 0 Å². The Kier molecular flexibility index (Phi) is 4.42. The number of pyridine rings is 2. The lowest BCUT2D eigenvalue weighted by molar-refractivity contribution is 0.0673.